The predicted octanol–water partition coefficient (Wildman–Crippen LogP) is 3.45. The molecule has 1 aliphatic heterocycles. The monoisotopic (exact) mass is 275 g/mol. The lowest BCUT2D eigenvalue weighted by molar-refractivity contribution is 0.733. The van der Waals surface area contributed by atoms with Gasteiger partial charge in [0.1, 0.15) is 0 Å². The maximum atomic E-state index is 5.96. The van der Waals surface area contributed by atoms with Crippen LogP contribution in [0.3, 0.4) is 0 Å². The smallest absolute Gasteiger partial charge is 0.0366 e. The number of rotatable bonds is 3. The molecule has 0 radical (unpaired) electrons. The van der Waals surface area contributed by atoms with E-state index in [1.165, 1.54) is 5.69 Å². The quantitative estimate of drug-likeness (QED) is 0.778. The molecule has 0 aromatic heterocycles. The summed E-state index contributed by atoms with van der Waals surface area (Å²) in [7, 11) is 0. The Morgan fingerprint density at radius 3 is 2.12 bits per heavy atom. The zero-order valence-corrected chi connectivity index (χ0v) is 11.3. The fourth-order valence-corrected chi connectivity index (χ4v) is 3.80. The summed E-state index contributed by atoms with van der Waals surface area (Å²) in [4.78, 5) is 2.39. The highest BCUT2D eigenvalue weighted by Crippen LogP contribution is 2.30. The molecule has 0 bridgehead atoms. The van der Waals surface area contributed by atoms with E-state index in [2.05, 4.69) is 29.2 Å². The van der Waals surface area contributed by atoms with Crippen molar-refractivity contribution in [2.24, 2.45) is 0 Å². The van der Waals surface area contributed by atoms with Crippen LogP contribution in [-0.2, 0) is 0 Å². The highest BCUT2D eigenvalue weighted by molar-refractivity contribution is 8.00. The minimum absolute atomic E-state index is 0.486. The number of hydrogen-bond donors (Lipinski definition) is 0. The molecule has 2 atom stereocenters. The maximum absolute atomic E-state index is 5.96. The van der Waals surface area contributed by atoms with Crippen molar-refractivity contribution in [2.75, 3.05) is 29.7 Å². The van der Waals surface area contributed by atoms with Crippen LogP contribution in [-0.4, -0.2) is 35.3 Å². The summed E-state index contributed by atoms with van der Waals surface area (Å²) in [5.41, 5.74) is 1.27. The summed E-state index contributed by atoms with van der Waals surface area (Å²) in [6, 6.07) is 10.5. The van der Waals surface area contributed by atoms with Gasteiger partial charge in [0.05, 0.1) is 0 Å². The van der Waals surface area contributed by atoms with Gasteiger partial charge in [-0.1, -0.05) is 18.2 Å². The average molecular weight is 276 g/mol. The Hall–Kier alpha value is -0.0500. The first-order valence-electron chi connectivity index (χ1n) is 5.41. The number of hydrogen-bond acceptors (Lipinski definition) is 2. The molecule has 0 N–H and O–H groups in total. The number of alkyl halides is 2. The molecule has 1 saturated heterocycles. The SMILES string of the molecule is ClCC1CN(c2ccccc2)CC(CCl)S1. The van der Waals surface area contributed by atoms with Gasteiger partial charge in [0.2, 0.25) is 0 Å². The van der Waals surface area contributed by atoms with E-state index in [4.69, 9.17) is 23.2 Å². The molecule has 1 aromatic carbocycles. The lowest BCUT2D eigenvalue weighted by atomic mass is 10.2. The van der Waals surface area contributed by atoms with E-state index >= 15 is 0 Å². The van der Waals surface area contributed by atoms with Gasteiger partial charge in [0, 0.05) is 41.0 Å². The van der Waals surface area contributed by atoms with Gasteiger partial charge in [-0.15, -0.1) is 35.0 Å². The third-order valence-corrected chi connectivity index (χ3v) is 5.21. The van der Waals surface area contributed by atoms with Crippen molar-refractivity contribution < 1.29 is 0 Å². The van der Waals surface area contributed by atoms with Crippen molar-refractivity contribution in [1.82, 2.24) is 0 Å². The minimum atomic E-state index is 0.486. The van der Waals surface area contributed by atoms with Gasteiger partial charge in [-0.2, -0.15) is 0 Å². The summed E-state index contributed by atoms with van der Waals surface area (Å²) in [5.74, 6) is 1.39. The van der Waals surface area contributed by atoms with E-state index in [1.807, 2.05) is 17.8 Å². The first-order valence-corrected chi connectivity index (χ1v) is 7.42. The van der Waals surface area contributed by atoms with Gasteiger partial charge in [-0.3, -0.25) is 0 Å². The fourth-order valence-electron chi connectivity index (χ4n) is 1.94. The van der Waals surface area contributed by atoms with Crippen LogP contribution in [0.2, 0.25) is 0 Å². The molecule has 88 valence electrons. The zero-order valence-electron chi connectivity index (χ0n) is 8.98. The van der Waals surface area contributed by atoms with Crippen LogP contribution in [0.25, 0.3) is 0 Å². The summed E-state index contributed by atoms with van der Waals surface area (Å²) < 4.78 is 0. The molecular formula is C12H15Cl2NS. The van der Waals surface area contributed by atoms with E-state index in [0.717, 1.165) is 13.1 Å². The van der Waals surface area contributed by atoms with E-state index in [-0.39, 0.29) is 0 Å². The number of nitrogens with zero attached hydrogens (tertiary/aromatic N) is 1. The van der Waals surface area contributed by atoms with Crippen molar-refractivity contribution in [3.05, 3.63) is 30.3 Å². The highest BCUT2D eigenvalue weighted by Gasteiger charge is 2.26. The van der Waals surface area contributed by atoms with Crippen LogP contribution >= 0.6 is 35.0 Å². The van der Waals surface area contributed by atoms with Gasteiger partial charge in [0.25, 0.3) is 0 Å². The molecule has 0 aliphatic carbocycles. The number of thioether (sulfide) groups is 1. The van der Waals surface area contributed by atoms with Crippen LogP contribution < -0.4 is 4.90 Å². The largest absolute Gasteiger partial charge is 0.369 e. The highest BCUT2D eigenvalue weighted by atomic mass is 35.5. The molecule has 2 rings (SSSR count). The topological polar surface area (TPSA) is 3.24 Å². The second kappa shape index (κ2) is 6.04. The maximum Gasteiger partial charge on any atom is 0.0366 e. The fraction of sp³-hybridized carbons (Fsp3) is 0.500. The summed E-state index contributed by atoms with van der Waals surface area (Å²) in [6.07, 6.45) is 0. The van der Waals surface area contributed by atoms with E-state index in [1.54, 1.807) is 0 Å². The Labute approximate surface area is 111 Å². The van der Waals surface area contributed by atoms with Crippen molar-refractivity contribution in [2.45, 2.75) is 10.5 Å². The first kappa shape index (κ1) is 12.4. The Bertz CT molecular complexity index is 308. The molecule has 1 nitrogen and oxygen atoms in total. The summed E-state index contributed by atoms with van der Waals surface area (Å²) >= 11 is 13.9. The Balaban J connectivity index is 2.09. The normalized spacial score (nSPS) is 25.8. The molecule has 1 aliphatic rings. The molecule has 1 aromatic rings. The van der Waals surface area contributed by atoms with Crippen LogP contribution in [0, 0.1) is 0 Å². The molecule has 0 spiro atoms. The zero-order chi connectivity index (χ0) is 11.4. The van der Waals surface area contributed by atoms with E-state index in [9.17, 15) is 0 Å². The van der Waals surface area contributed by atoms with Gasteiger partial charge in [-0.05, 0) is 12.1 Å². The second-order valence-electron chi connectivity index (χ2n) is 3.93. The molecular weight excluding hydrogens is 261 g/mol. The molecule has 1 heterocycles. The van der Waals surface area contributed by atoms with Crippen molar-refractivity contribution in [3.63, 3.8) is 0 Å². The number of para-hydroxylation sites is 1. The second-order valence-corrected chi connectivity index (χ2v) is 6.15. The lowest BCUT2D eigenvalue weighted by Gasteiger charge is -2.37. The minimum Gasteiger partial charge on any atom is -0.369 e. The van der Waals surface area contributed by atoms with Gasteiger partial charge < -0.3 is 4.90 Å². The molecule has 4 heteroatoms. The number of halogens is 2. The third-order valence-electron chi connectivity index (χ3n) is 2.70. The molecule has 0 amide bonds. The Kier molecular flexibility index (Phi) is 4.68. The summed E-state index contributed by atoms with van der Waals surface area (Å²) in [5, 5.41) is 0.971. The average Bonchev–Trinajstić information content (AvgIpc) is 2.39. The van der Waals surface area contributed by atoms with Crippen LogP contribution in [0.1, 0.15) is 0 Å². The van der Waals surface area contributed by atoms with Crippen LogP contribution in [0.15, 0.2) is 30.3 Å². The van der Waals surface area contributed by atoms with Crippen LogP contribution in [0.4, 0.5) is 5.69 Å². The first-order chi connectivity index (χ1) is 7.83. The standard InChI is InChI=1S/C12H15Cl2NS/c13-6-11-8-15(9-12(7-14)16-11)10-4-2-1-3-5-10/h1-5,11-12H,6-9H2. The van der Waals surface area contributed by atoms with Crippen LogP contribution in [0.5, 0.6) is 0 Å². The predicted molar refractivity (Wildman–Crippen MR) is 75.3 cm³/mol. The van der Waals surface area contributed by atoms with Gasteiger partial charge >= 0.3 is 0 Å². The molecule has 2 unspecified atom stereocenters. The number of anilines is 1. The number of benzene rings is 1. The Morgan fingerprint density at radius 1 is 1.06 bits per heavy atom. The van der Waals surface area contributed by atoms with Gasteiger partial charge in [0.15, 0.2) is 0 Å². The molecule has 1 fully saturated rings. The van der Waals surface area contributed by atoms with Gasteiger partial charge in [-0.25, -0.2) is 0 Å². The van der Waals surface area contributed by atoms with E-state index < -0.39 is 0 Å². The third kappa shape index (κ3) is 2.99. The van der Waals surface area contributed by atoms with E-state index in [0.29, 0.717) is 22.3 Å². The lowest BCUT2D eigenvalue weighted by Crippen LogP contribution is -2.43. The molecule has 16 heavy (non-hydrogen) atoms. The van der Waals surface area contributed by atoms with Crippen molar-refractivity contribution >= 4 is 40.7 Å². The Morgan fingerprint density at radius 2 is 1.62 bits per heavy atom. The summed E-state index contributed by atoms with van der Waals surface area (Å²) in [6.45, 7) is 2.04. The van der Waals surface area contributed by atoms with Crippen molar-refractivity contribution in [3.8, 4) is 0 Å². The molecule has 0 saturated carbocycles. The van der Waals surface area contributed by atoms with Crippen molar-refractivity contribution in [1.29, 1.82) is 0 Å².